The third-order valence-corrected chi connectivity index (χ3v) is 4.88. The molecule has 1 saturated heterocycles. The molecular weight excluding hydrogens is 365 g/mol. The number of halogens is 3. The first-order valence-corrected chi connectivity index (χ1v) is 9.32. The first-order valence-electron chi connectivity index (χ1n) is 7.47. The second-order valence-electron chi connectivity index (χ2n) is 5.81. The van der Waals surface area contributed by atoms with E-state index in [1.807, 2.05) is 0 Å². The van der Waals surface area contributed by atoms with E-state index >= 15 is 0 Å². The van der Waals surface area contributed by atoms with Gasteiger partial charge in [-0.2, -0.15) is 18.3 Å². The molecule has 142 valence electrons. The molecule has 2 rings (SSSR count). The van der Waals surface area contributed by atoms with Crippen molar-refractivity contribution in [2.24, 2.45) is 5.92 Å². The van der Waals surface area contributed by atoms with Crippen LogP contribution >= 0.6 is 0 Å². The van der Waals surface area contributed by atoms with Gasteiger partial charge in [0, 0.05) is 13.1 Å². The van der Waals surface area contributed by atoms with E-state index in [1.54, 1.807) is 0 Å². The molecule has 1 aliphatic heterocycles. The molecule has 0 spiro atoms. The van der Waals surface area contributed by atoms with Crippen molar-refractivity contribution in [2.75, 3.05) is 31.3 Å². The van der Waals surface area contributed by atoms with Crippen molar-refractivity contribution in [3.05, 3.63) is 12.4 Å². The Morgan fingerprint density at radius 2 is 2.20 bits per heavy atom. The number of nitrogens with zero attached hydrogens (tertiary/aromatic N) is 3. The minimum absolute atomic E-state index is 0.105. The van der Waals surface area contributed by atoms with Crippen LogP contribution in [0.3, 0.4) is 0 Å². The van der Waals surface area contributed by atoms with Gasteiger partial charge in [-0.1, -0.05) is 0 Å². The molecule has 12 heteroatoms. The maximum atomic E-state index is 12.2. The van der Waals surface area contributed by atoms with Crippen LogP contribution in [0, 0.1) is 5.92 Å². The van der Waals surface area contributed by atoms with Crippen LogP contribution in [0.1, 0.15) is 12.8 Å². The molecule has 1 N–H and O–H groups in total. The predicted octanol–water partition coefficient (Wildman–Crippen LogP) is 1.03. The van der Waals surface area contributed by atoms with Gasteiger partial charge in [-0.3, -0.25) is 4.79 Å². The number of ether oxygens (including phenoxy) is 1. The molecule has 0 unspecified atom stereocenters. The quantitative estimate of drug-likeness (QED) is 0.791. The smallest absolute Gasteiger partial charge is 0.350 e. The number of hydrogen-bond acceptors (Lipinski definition) is 5. The summed E-state index contributed by atoms with van der Waals surface area (Å²) in [4.78, 5) is 12.2. The summed E-state index contributed by atoms with van der Waals surface area (Å²) >= 11 is 0. The summed E-state index contributed by atoms with van der Waals surface area (Å²) in [5.74, 6) is -0.850. The fourth-order valence-electron chi connectivity index (χ4n) is 2.46. The van der Waals surface area contributed by atoms with Crippen molar-refractivity contribution in [3.8, 4) is 0 Å². The van der Waals surface area contributed by atoms with Crippen LogP contribution in [0.4, 0.5) is 18.9 Å². The van der Waals surface area contributed by atoms with E-state index in [0.717, 1.165) is 10.9 Å². The van der Waals surface area contributed by atoms with E-state index in [2.05, 4.69) is 15.2 Å². The lowest BCUT2D eigenvalue weighted by Crippen LogP contribution is -2.43. The lowest BCUT2D eigenvalue weighted by atomic mass is 9.99. The number of rotatable bonds is 6. The SMILES string of the molecule is CS(=O)(=O)N1CCC[C@@H](C(=O)Nc2cnn(COCC(F)(F)F)c2)C1. The highest BCUT2D eigenvalue weighted by Crippen LogP contribution is 2.20. The molecule has 0 aromatic carbocycles. The molecule has 25 heavy (non-hydrogen) atoms. The van der Waals surface area contributed by atoms with Crippen molar-refractivity contribution in [1.82, 2.24) is 14.1 Å². The standard InChI is InChI=1S/C13H19F3N4O4S/c1-25(22,23)20-4-2-3-10(6-20)12(21)18-11-5-17-19(7-11)9-24-8-13(14,15)16/h5,7,10H,2-4,6,8-9H2,1H3,(H,18,21)/t10-/m1/s1. The fourth-order valence-corrected chi connectivity index (χ4v) is 3.37. The number of alkyl halides is 3. The Labute approximate surface area is 143 Å². The van der Waals surface area contributed by atoms with Gasteiger partial charge in [0.25, 0.3) is 0 Å². The molecule has 2 heterocycles. The van der Waals surface area contributed by atoms with Gasteiger partial charge in [0.1, 0.15) is 13.3 Å². The first kappa shape index (κ1) is 19.7. The zero-order chi connectivity index (χ0) is 18.7. The number of carbonyl (C=O) groups is 1. The molecule has 1 aromatic rings. The summed E-state index contributed by atoms with van der Waals surface area (Å²) in [7, 11) is -3.35. The highest BCUT2D eigenvalue weighted by atomic mass is 32.2. The van der Waals surface area contributed by atoms with Gasteiger partial charge in [-0.05, 0) is 12.8 Å². The van der Waals surface area contributed by atoms with E-state index < -0.39 is 35.5 Å². The number of sulfonamides is 1. The van der Waals surface area contributed by atoms with Crippen LogP contribution in [-0.4, -0.2) is 60.5 Å². The lowest BCUT2D eigenvalue weighted by Gasteiger charge is -2.29. The second kappa shape index (κ2) is 7.70. The summed E-state index contributed by atoms with van der Waals surface area (Å²) in [6.07, 6.45) is 0.433. The largest absolute Gasteiger partial charge is 0.411 e. The monoisotopic (exact) mass is 384 g/mol. The van der Waals surface area contributed by atoms with Gasteiger partial charge in [-0.25, -0.2) is 17.4 Å². The Kier molecular flexibility index (Phi) is 6.06. The third kappa shape index (κ3) is 6.29. The molecule has 1 atom stereocenters. The van der Waals surface area contributed by atoms with Crippen molar-refractivity contribution in [1.29, 1.82) is 0 Å². The summed E-state index contributed by atoms with van der Waals surface area (Å²) in [5, 5.41) is 6.38. The van der Waals surface area contributed by atoms with E-state index in [0.29, 0.717) is 25.1 Å². The molecule has 0 aliphatic carbocycles. The van der Waals surface area contributed by atoms with Gasteiger partial charge >= 0.3 is 6.18 Å². The molecule has 1 fully saturated rings. The number of piperidine rings is 1. The van der Waals surface area contributed by atoms with Gasteiger partial charge in [0.15, 0.2) is 0 Å². The predicted molar refractivity (Wildman–Crippen MR) is 82.0 cm³/mol. The Hall–Kier alpha value is -1.66. The van der Waals surface area contributed by atoms with E-state index in [4.69, 9.17) is 0 Å². The minimum atomic E-state index is -4.42. The van der Waals surface area contributed by atoms with Crippen LogP contribution in [0.2, 0.25) is 0 Å². The van der Waals surface area contributed by atoms with Crippen molar-refractivity contribution in [3.63, 3.8) is 0 Å². The number of aromatic nitrogens is 2. The number of carbonyl (C=O) groups excluding carboxylic acids is 1. The van der Waals surface area contributed by atoms with Crippen LogP contribution in [0.25, 0.3) is 0 Å². The van der Waals surface area contributed by atoms with Gasteiger partial charge in [0.05, 0.1) is 30.3 Å². The van der Waals surface area contributed by atoms with Crippen LogP contribution in [-0.2, 0) is 26.3 Å². The number of amides is 1. The molecule has 8 nitrogen and oxygen atoms in total. The third-order valence-electron chi connectivity index (χ3n) is 3.61. The maximum absolute atomic E-state index is 12.2. The zero-order valence-electron chi connectivity index (χ0n) is 13.5. The van der Waals surface area contributed by atoms with E-state index in [1.165, 1.54) is 16.7 Å². The molecule has 0 bridgehead atoms. The number of nitrogens with one attached hydrogen (secondary N) is 1. The minimum Gasteiger partial charge on any atom is -0.350 e. The van der Waals surface area contributed by atoms with Crippen LogP contribution < -0.4 is 5.32 Å². The van der Waals surface area contributed by atoms with Crippen molar-refractivity contribution in [2.45, 2.75) is 25.7 Å². The fraction of sp³-hybridized carbons (Fsp3) is 0.692. The molecule has 1 aliphatic rings. The number of hydrogen-bond donors (Lipinski definition) is 1. The van der Waals surface area contributed by atoms with Gasteiger partial charge in [0.2, 0.25) is 15.9 Å². The first-order chi connectivity index (χ1) is 11.5. The van der Waals surface area contributed by atoms with E-state index in [-0.39, 0.29) is 12.5 Å². The Morgan fingerprint density at radius 3 is 2.84 bits per heavy atom. The maximum Gasteiger partial charge on any atom is 0.411 e. The molecule has 1 amide bonds. The Morgan fingerprint density at radius 1 is 1.48 bits per heavy atom. The average molecular weight is 384 g/mol. The highest BCUT2D eigenvalue weighted by molar-refractivity contribution is 7.88. The summed E-state index contributed by atoms with van der Waals surface area (Å²) < 4.78 is 66.0. The summed E-state index contributed by atoms with van der Waals surface area (Å²) in [6.45, 7) is -1.30. The highest BCUT2D eigenvalue weighted by Gasteiger charge is 2.30. The van der Waals surface area contributed by atoms with Crippen LogP contribution in [0.5, 0.6) is 0 Å². The lowest BCUT2D eigenvalue weighted by molar-refractivity contribution is -0.182. The summed E-state index contributed by atoms with van der Waals surface area (Å²) in [5.41, 5.74) is 0.303. The average Bonchev–Trinajstić information content (AvgIpc) is 2.92. The Balaban J connectivity index is 1.86. The van der Waals surface area contributed by atoms with E-state index in [9.17, 15) is 26.4 Å². The van der Waals surface area contributed by atoms with Gasteiger partial charge in [-0.15, -0.1) is 0 Å². The van der Waals surface area contributed by atoms with Crippen LogP contribution in [0.15, 0.2) is 12.4 Å². The second-order valence-corrected chi connectivity index (χ2v) is 7.79. The molecule has 0 radical (unpaired) electrons. The van der Waals surface area contributed by atoms with Gasteiger partial charge < -0.3 is 10.1 Å². The molecular formula is C13H19F3N4O4S. The topological polar surface area (TPSA) is 93.5 Å². The molecule has 1 aromatic heterocycles. The van der Waals surface area contributed by atoms with Crippen molar-refractivity contribution < 1.29 is 31.1 Å². The van der Waals surface area contributed by atoms with Crippen molar-refractivity contribution >= 4 is 21.6 Å². The summed E-state index contributed by atoms with van der Waals surface area (Å²) in [6, 6.07) is 0. The Bertz CT molecular complexity index is 704. The zero-order valence-corrected chi connectivity index (χ0v) is 14.3. The normalized spacial score (nSPS) is 19.8. The number of anilines is 1. The molecule has 0 saturated carbocycles.